The van der Waals surface area contributed by atoms with E-state index in [0.29, 0.717) is 12.1 Å². The SMILES string of the molecule is CN1N=C(C(=O)N2CCN(S(=O)(=O)c3ccc(Cl)c(Cl)c3)CC2)CCC1=O. The van der Waals surface area contributed by atoms with Crippen molar-refractivity contribution in [2.75, 3.05) is 33.2 Å². The molecule has 0 unspecified atom stereocenters. The van der Waals surface area contributed by atoms with E-state index in [0.717, 1.165) is 0 Å². The molecule has 0 atom stereocenters. The van der Waals surface area contributed by atoms with Crippen LogP contribution in [-0.2, 0) is 19.6 Å². The molecule has 1 aromatic carbocycles. The molecule has 1 aromatic rings. The summed E-state index contributed by atoms with van der Waals surface area (Å²) in [5.41, 5.74) is 0.317. The van der Waals surface area contributed by atoms with Crippen LogP contribution < -0.4 is 0 Å². The fraction of sp³-hybridized carbons (Fsp3) is 0.438. The first kappa shape index (κ1) is 20.1. The monoisotopic (exact) mass is 432 g/mol. The summed E-state index contributed by atoms with van der Waals surface area (Å²) in [5, 5.41) is 5.64. The van der Waals surface area contributed by atoms with Crippen molar-refractivity contribution in [2.45, 2.75) is 17.7 Å². The molecule has 8 nitrogen and oxygen atoms in total. The topological polar surface area (TPSA) is 90.4 Å². The third-order valence-electron chi connectivity index (χ3n) is 4.51. The number of carbonyl (C=O) groups is 2. The molecule has 0 aromatic heterocycles. The average Bonchev–Trinajstić information content (AvgIpc) is 2.65. The van der Waals surface area contributed by atoms with Crippen LogP contribution in [0.5, 0.6) is 0 Å². The zero-order valence-electron chi connectivity index (χ0n) is 14.6. The Morgan fingerprint density at radius 2 is 1.74 bits per heavy atom. The van der Waals surface area contributed by atoms with Gasteiger partial charge < -0.3 is 4.90 Å². The largest absolute Gasteiger partial charge is 0.335 e. The number of piperazine rings is 1. The van der Waals surface area contributed by atoms with Gasteiger partial charge in [0.15, 0.2) is 0 Å². The molecular weight excluding hydrogens is 415 g/mol. The van der Waals surface area contributed by atoms with E-state index >= 15 is 0 Å². The third-order valence-corrected chi connectivity index (χ3v) is 7.14. The molecule has 0 saturated carbocycles. The van der Waals surface area contributed by atoms with Gasteiger partial charge in [-0.3, -0.25) is 9.59 Å². The summed E-state index contributed by atoms with van der Waals surface area (Å²) in [6, 6.07) is 4.17. The number of carbonyl (C=O) groups excluding carboxylic acids is 2. The van der Waals surface area contributed by atoms with E-state index in [9.17, 15) is 18.0 Å². The van der Waals surface area contributed by atoms with Gasteiger partial charge in [-0.2, -0.15) is 9.41 Å². The zero-order chi connectivity index (χ0) is 19.8. The van der Waals surface area contributed by atoms with Crippen LogP contribution in [0, 0.1) is 0 Å². The zero-order valence-corrected chi connectivity index (χ0v) is 16.9. The maximum absolute atomic E-state index is 12.8. The van der Waals surface area contributed by atoms with Crippen LogP contribution >= 0.6 is 23.2 Å². The molecule has 2 amide bonds. The normalized spacial score (nSPS) is 19.2. The molecule has 146 valence electrons. The second-order valence-corrected chi connectivity index (χ2v) is 8.99. The lowest BCUT2D eigenvalue weighted by molar-refractivity contribution is -0.130. The van der Waals surface area contributed by atoms with Crippen molar-refractivity contribution in [3.05, 3.63) is 28.2 Å². The predicted molar refractivity (Wildman–Crippen MR) is 101 cm³/mol. The first-order chi connectivity index (χ1) is 12.7. The van der Waals surface area contributed by atoms with Gasteiger partial charge >= 0.3 is 0 Å². The quantitative estimate of drug-likeness (QED) is 0.722. The van der Waals surface area contributed by atoms with Gasteiger partial charge in [-0.1, -0.05) is 23.2 Å². The van der Waals surface area contributed by atoms with Gasteiger partial charge in [-0.25, -0.2) is 13.4 Å². The van der Waals surface area contributed by atoms with Crippen LogP contribution in [0.15, 0.2) is 28.2 Å². The Kier molecular flexibility index (Phi) is 5.76. The first-order valence-electron chi connectivity index (χ1n) is 8.28. The van der Waals surface area contributed by atoms with E-state index in [4.69, 9.17) is 23.2 Å². The van der Waals surface area contributed by atoms with E-state index in [1.807, 2.05) is 0 Å². The highest BCUT2D eigenvalue weighted by atomic mass is 35.5. The number of rotatable bonds is 3. The van der Waals surface area contributed by atoms with E-state index < -0.39 is 10.0 Å². The maximum atomic E-state index is 12.8. The van der Waals surface area contributed by atoms with Crippen LogP contribution in [0.2, 0.25) is 10.0 Å². The summed E-state index contributed by atoms with van der Waals surface area (Å²) < 4.78 is 26.8. The van der Waals surface area contributed by atoms with E-state index in [2.05, 4.69) is 5.10 Å². The predicted octanol–water partition coefficient (Wildman–Crippen LogP) is 1.43. The minimum absolute atomic E-state index is 0.0634. The summed E-state index contributed by atoms with van der Waals surface area (Å²) in [7, 11) is -2.21. The second-order valence-electron chi connectivity index (χ2n) is 6.24. The van der Waals surface area contributed by atoms with E-state index in [-0.39, 0.29) is 59.4 Å². The number of benzene rings is 1. The van der Waals surface area contributed by atoms with Crippen molar-refractivity contribution in [1.29, 1.82) is 0 Å². The summed E-state index contributed by atoms with van der Waals surface area (Å²) in [4.78, 5) is 25.7. The highest BCUT2D eigenvalue weighted by Gasteiger charge is 2.33. The molecule has 11 heteroatoms. The molecular formula is C16H18Cl2N4O4S. The Balaban J connectivity index is 1.68. The van der Waals surface area contributed by atoms with Gasteiger partial charge in [0.05, 0.1) is 14.9 Å². The molecule has 0 N–H and O–H groups in total. The Morgan fingerprint density at radius 3 is 2.33 bits per heavy atom. The van der Waals surface area contributed by atoms with Crippen LogP contribution in [0.4, 0.5) is 0 Å². The lowest BCUT2D eigenvalue weighted by atomic mass is 10.1. The highest BCUT2D eigenvalue weighted by molar-refractivity contribution is 7.89. The van der Waals surface area contributed by atoms with Crippen LogP contribution in [0.1, 0.15) is 12.8 Å². The number of amides is 2. The molecule has 0 aliphatic carbocycles. The molecule has 1 fully saturated rings. The van der Waals surface area contributed by atoms with Gasteiger partial charge in [0.25, 0.3) is 5.91 Å². The number of halogens is 2. The minimum Gasteiger partial charge on any atom is -0.335 e. The third kappa shape index (κ3) is 4.11. The smallest absolute Gasteiger partial charge is 0.270 e. The lowest BCUT2D eigenvalue weighted by Crippen LogP contribution is -2.52. The maximum Gasteiger partial charge on any atom is 0.270 e. The van der Waals surface area contributed by atoms with Crippen molar-refractivity contribution >= 4 is 50.8 Å². The Hall–Kier alpha value is -1.68. The van der Waals surface area contributed by atoms with Crippen molar-refractivity contribution in [3.8, 4) is 0 Å². The fourth-order valence-corrected chi connectivity index (χ4v) is 4.74. The average molecular weight is 433 g/mol. The van der Waals surface area contributed by atoms with Gasteiger partial charge in [-0.05, 0) is 18.2 Å². The van der Waals surface area contributed by atoms with Gasteiger partial charge in [-0.15, -0.1) is 0 Å². The van der Waals surface area contributed by atoms with Crippen molar-refractivity contribution in [2.24, 2.45) is 5.10 Å². The number of hydrazone groups is 1. The number of sulfonamides is 1. The Labute approximate surface area is 167 Å². The summed E-state index contributed by atoms with van der Waals surface area (Å²) >= 11 is 11.8. The van der Waals surface area contributed by atoms with Crippen LogP contribution in [0.25, 0.3) is 0 Å². The van der Waals surface area contributed by atoms with Crippen LogP contribution in [-0.4, -0.2) is 73.4 Å². The summed E-state index contributed by atoms with van der Waals surface area (Å²) in [5.74, 6) is -0.398. The molecule has 27 heavy (non-hydrogen) atoms. The second kappa shape index (κ2) is 7.75. The van der Waals surface area contributed by atoms with Crippen LogP contribution in [0.3, 0.4) is 0 Å². The number of hydrogen-bond acceptors (Lipinski definition) is 5. The van der Waals surface area contributed by atoms with E-state index in [1.165, 1.54) is 34.6 Å². The number of nitrogens with zero attached hydrogens (tertiary/aromatic N) is 4. The molecule has 1 saturated heterocycles. The summed E-state index contributed by atoms with van der Waals surface area (Å²) in [6.45, 7) is 0.818. The molecule has 3 rings (SSSR count). The van der Waals surface area contributed by atoms with Crippen molar-refractivity contribution in [3.63, 3.8) is 0 Å². The number of hydrogen-bond donors (Lipinski definition) is 0. The van der Waals surface area contributed by atoms with Crippen molar-refractivity contribution in [1.82, 2.24) is 14.2 Å². The molecule has 0 bridgehead atoms. The highest BCUT2D eigenvalue weighted by Crippen LogP contribution is 2.27. The van der Waals surface area contributed by atoms with Gasteiger partial charge in [0.1, 0.15) is 5.71 Å². The molecule has 2 aliphatic heterocycles. The van der Waals surface area contributed by atoms with E-state index in [1.54, 1.807) is 4.90 Å². The summed E-state index contributed by atoms with van der Waals surface area (Å²) in [6.07, 6.45) is 0.538. The molecule has 0 radical (unpaired) electrons. The Morgan fingerprint density at radius 1 is 1.07 bits per heavy atom. The van der Waals surface area contributed by atoms with Gasteiger partial charge in [0, 0.05) is 46.1 Å². The van der Waals surface area contributed by atoms with Gasteiger partial charge in [0.2, 0.25) is 15.9 Å². The van der Waals surface area contributed by atoms with Crippen molar-refractivity contribution < 1.29 is 18.0 Å². The molecule has 2 heterocycles. The molecule has 0 spiro atoms. The standard InChI is InChI=1S/C16H18Cl2N4O4S/c1-20-15(23)5-4-14(19-20)16(24)21-6-8-22(9-7-21)27(25,26)11-2-3-12(17)13(18)10-11/h2-3,10H,4-9H2,1H3. The first-order valence-corrected chi connectivity index (χ1v) is 10.5. The minimum atomic E-state index is -3.72. The lowest BCUT2D eigenvalue weighted by Gasteiger charge is -2.34. The fourth-order valence-electron chi connectivity index (χ4n) is 2.92. The Bertz CT molecular complexity index is 911. The molecule has 2 aliphatic rings.